The third kappa shape index (κ3) is 5.06. The number of hydrogen-bond acceptors (Lipinski definition) is 3. The highest BCUT2D eigenvalue weighted by Gasteiger charge is 2.03. The molecule has 1 heterocycles. The van der Waals surface area contributed by atoms with Crippen molar-refractivity contribution in [3.63, 3.8) is 0 Å². The highest BCUT2D eigenvalue weighted by atomic mass is 35.5. The molecular weight excluding hydrogens is 286 g/mol. The lowest BCUT2D eigenvalue weighted by molar-refractivity contribution is 0.340. The molecule has 0 atom stereocenters. The van der Waals surface area contributed by atoms with E-state index in [-0.39, 0.29) is 12.4 Å². The first-order valence-corrected chi connectivity index (χ1v) is 7.18. The summed E-state index contributed by atoms with van der Waals surface area (Å²) >= 11 is 0. The van der Waals surface area contributed by atoms with Gasteiger partial charge in [-0.1, -0.05) is 12.1 Å². The number of aromatic nitrogens is 2. The molecule has 4 nitrogen and oxygen atoms in total. The molecule has 0 aliphatic heterocycles. The van der Waals surface area contributed by atoms with Crippen molar-refractivity contribution in [2.24, 2.45) is 0 Å². The average molecular weight is 310 g/mol. The zero-order chi connectivity index (χ0) is 14.4. The number of rotatable bonds is 7. The van der Waals surface area contributed by atoms with Crippen molar-refractivity contribution >= 4 is 12.4 Å². The third-order valence-corrected chi connectivity index (χ3v) is 3.25. The van der Waals surface area contributed by atoms with E-state index in [2.05, 4.69) is 42.6 Å². The lowest BCUT2D eigenvalue weighted by atomic mass is 10.2. The standard InChI is InChI=1S/C16H23N3O.ClH/c1-4-19-12-15(13(3)18-19)11-17-10-14-6-8-16(9-7-14)20-5-2;/h6-9,12,17H,4-5,10-11H2,1-3H3;1H. The molecule has 1 aromatic heterocycles. The molecule has 0 amide bonds. The van der Waals surface area contributed by atoms with Gasteiger partial charge in [0.15, 0.2) is 0 Å². The van der Waals surface area contributed by atoms with Crippen LogP contribution in [0.3, 0.4) is 0 Å². The van der Waals surface area contributed by atoms with Gasteiger partial charge in [-0.3, -0.25) is 4.68 Å². The van der Waals surface area contributed by atoms with Gasteiger partial charge in [-0.2, -0.15) is 5.10 Å². The minimum atomic E-state index is 0. The van der Waals surface area contributed by atoms with Crippen LogP contribution in [0.15, 0.2) is 30.5 Å². The smallest absolute Gasteiger partial charge is 0.119 e. The Hall–Kier alpha value is -1.52. The van der Waals surface area contributed by atoms with Crippen molar-refractivity contribution in [2.45, 2.75) is 40.4 Å². The number of ether oxygens (including phenoxy) is 1. The minimum Gasteiger partial charge on any atom is -0.494 e. The van der Waals surface area contributed by atoms with Gasteiger partial charge in [0.2, 0.25) is 0 Å². The fourth-order valence-corrected chi connectivity index (χ4v) is 2.11. The van der Waals surface area contributed by atoms with Crippen LogP contribution in [0.4, 0.5) is 0 Å². The summed E-state index contributed by atoms with van der Waals surface area (Å²) in [5.41, 5.74) is 3.62. The normalized spacial score (nSPS) is 10.2. The van der Waals surface area contributed by atoms with Gasteiger partial charge in [0.05, 0.1) is 12.3 Å². The average Bonchev–Trinajstić information content (AvgIpc) is 2.82. The highest BCUT2D eigenvalue weighted by Crippen LogP contribution is 2.12. The Morgan fingerprint density at radius 1 is 1.14 bits per heavy atom. The van der Waals surface area contributed by atoms with Crippen LogP contribution in [0, 0.1) is 6.92 Å². The van der Waals surface area contributed by atoms with Gasteiger partial charge >= 0.3 is 0 Å². The number of halogens is 1. The Balaban J connectivity index is 0.00000220. The van der Waals surface area contributed by atoms with E-state index in [9.17, 15) is 0 Å². The third-order valence-electron chi connectivity index (χ3n) is 3.25. The van der Waals surface area contributed by atoms with Crippen LogP contribution in [0.2, 0.25) is 0 Å². The summed E-state index contributed by atoms with van der Waals surface area (Å²) < 4.78 is 7.41. The van der Waals surface area contributed by atoms with E-state index in [1.807, 2.05) is 23.7 Å². The molecule has 1 N–H and O–H groups in total. The molecule has 21 heavy (non-hydrogen) atoms. The number of hydrogen-bond donors (Lipinski definition) is 1. The minimum absolute atomic E-state index is 0. The van der Waals surface area contributed by atoms with E-state index in [4.69, 9.17) is 4.74 Å². The maximum absolute atomic E-state index is 5.43. The molecule has 0 fully saturated rings. The second-order valence-electron chi connectivity index (χ2n) is 4.78. The van der Waals surface area contributed by atoms with E-state index < -0.39 is 0 Å². The lowest BCUT2D eigenvalue weighted by Gasteiger charge is -2.06. The van der Waals surface area contributed by atoms with Crippen LogP contribution in [-0.4, -0.2) is 16.4 Å². The van der Waals surface area contributed by atoms with Crippen molar-refractivity contribution in [3.8, 4) is 5.75 Å². The van der Waals surface area contributed by atoms with Crippen LogP contribution in [0.1, 0.15) is 30.7 Å². The molecule has 116 valence electrons. The second kappa shape index (κ2) is 8.70. The molecule has 0 aliphatic rings. The van der Waals surface area contributed by atoms with Crippen molar-refractivity contribution < 1.29 is 4.74 Å². The van der Waals surface area contributed by atoms with Gasteiger partial charge in [-0.05, 0) is 38.5 Å². The van der Waals surface area contributed by atoms with E-state index in [1.54, 1.807) is 0 Å². The summed E-state index contributed by atoms with van der Waals surface area (Å²) in [5, 5.41) is 7.90. The number of benzene rings is 1. The zero-order valence-electron chi connectivity index (χ0n) is 12.9. The first kappa shape index (κ1) is 17.5. The molecule has 5 heteroatoms. The molecule has 2 aromatic rings. The second-order valence-corrected chi connectivity index (χ2v) is 4.78. The molecule has 0 saturated carbocycles. The predicted octanol–water partition coefficient (Wildman–Crippen LogP) is 3.32. The topological polar surface area (TPSA) is 39.1 Å². The van der Waals surface area contributed by atoms with Crippen molar-refractivity contribution in [3.05, 3.63) is 47.3 Å². The first-order chi connectivity index (χ1) is 9.72. The molecule has 2 rings (SSSR count). The highest BCUT2D eigenvalue weighted by molar-refractivity contribution is 5.85. The summed E-state index contributed by atoms with van der Waals surface area (Å²) in [6, 6.07) is 8.22. The van der Waals surface area contributed by atoms with Crippen LogP contribution in [0.5, 0.6) is 5.75 Å². The van der Waals surface area contributed by atoms with E-state index >= 15 is 0 Å². The fourth-order valence-electron chi connectivity index (χ4n) is 2.11. The summed E-state index contributed by atoms with van der Waals surface area (Å²) in [6.45, 7) is 9.47. The van der Waals surface area contributed by atoms with Gasteiger partial charge in [-0.25, -0.2) is 0 Å². The van der Waals surface area contributed by atoms with Crippen LogP contribution in [-0.2, 0) is 19.6 Å². The summed E-state index contributed by atoms with van der Waals surface area (Å²) in [4.78, 5) is 0. The Morgan fingerprint density at radius 3 is 2.43 bits per heavy atom. The van der Waals surface area contributed by atoms with E-state index in [0.717, 1.165) is 31.1 Å². The maximum Gasteiger partial charge on any atom is 0.119 e. The number of nitrogens with one attached hydrogen (secondary N) is 1. The predicted molar refractivity (Wildman–Crippen MR) is 88.0 cm³/mol. The van der Waals surface area contributed by atoms with Crippen molar-refractivity contribution in [1.29, 1.82) is 0 Å². The SMILES string of the molecule is CCOc1ccc(CNCc2cn(CC)nc2C)cc1.Cl. The van der Waals surface area contributed by atoms with Gasteiger partial charge in [0.25, 0.3) is 0 Å². The summed E-state index contributed by atoms with van der Waals surface area (Å²) in [5.74, 6) is 0.927. The Kier molecular flexibility index (Phi) is 7.26. The van der Waals surface area contributed by atoms with Gasteiger partial charge in [0.1, 0.15) is 5.75 Å². The Morgan fingerprint density at radius 2 is 1.86 bits per heavy atom. The lowest BCUT2D eigenvalue weighted by Crippen LogP contribution is -2.12. The van der Waals surface area contributed by atoms with E-state index in [0.29, 0.717) is 6.61 Å². The first-order valence-electron chi connectivity index (χ1n) is 7.18. The van der Waals surface area contributed by atoms with Gasteiger partial charge in [-0.15, -0.1) is 12.4 Å². The Labute approximate surface area is 132 Å². The molecule has 0 radical (unpaired) electrons. The Bertz CT molecular complexity index is 537. The zero-order valence-corrected chi connectivity index (χ0v) is 13.7. The molecule has 1 aromatic carbocycles. The molecule has 0 spiro atoms. The molecule has 0 aliphatic carbocycles. The van der Waals surface area contributed by atoms with E-state index in [1.165, 1.54) is 11.1 Å². The van der Waals surface area contributed by atoms with Crippen LogP contribution in [0.25, 0.3) is 0 Å². The number of nitrogens with zero attached hydrogens (tertiary/aromatic N) is 2. The fraction of sp³-hybridized carbons (Fsp3) is 0.438. The molecular formula is C16H24ClN3O. The van der Waals surface area contributed by atoms with Crippen molar-refractivity contribution in [2.75, 3.05) is 6.61 Å². The monoisotopic (exact) mass is 309 g/mol. The van der Waals surface area contributed by atoms with Crippen molar-refractivity contribution in [1.82, 2.24) is 15.1 Å². The number of aryl methyl sites for hydroxylation is 2. The van der Waals surface area contributed by atoms with Crippen LogP contribution >= 0.6 is 12.4 Å². The maximum atomic E-state index is 5.43. The largest absolute Gasteiger partial charge is 0.494 e. The van der Waals surface area contributed by atoms with Crippen LogP contribution < -0.4 is 10.1 Å². The summed E-state index contributed by atoms with van der Waals surface area (Å²) in [7, 11) is 0. The quantitative estimate of drug-likeness (QED) is 0.853. The molecule has 0 bridgehead atoms. The van der Waals surface area contributed by atoms with Gasteiger partial charge < -0.3 is 10.1 Å². The molecule has 0 unspecified atom stereocenters. The summed E-state index contributed by atoms with van der Waals surface area (Å²) in [6.07, 6.45) is 2.11. The molecule has 0 saturated heterocycles. The van der Waals surface area contributed by atoms with Gasteiger partial charge in [0, 0.05) is 31.4 Å².